The first kappa shape index (κ1) is 33.0. The second-order valence-electron chi connectivity index (χ2n) is 10.5. The van der Waals surface area contributed by atoms with Crippen LogP contribution in [-0.4, -0.2) is 63.9 Å². The molecule has 0 aromatic carbocycles. The molecule has 1 aliphatic carbocycles. The summed E-state index contributed by atoms with van der Waals surface area (Å²) in [4.78, 5) is 48.7. The molecule has 2 rings (SSSR count). The second-order valence-corrected chi connectivity index (χ2v) is 10.5. The molecule has 1 heterocycles. The number of carbonyl (C=O) groups excluding carboxylic acids is 4. The monoisotopic (exact) mass is 570 g/mol. The Morgan fingerprint density at radius 2 is 1.73 bits per heavy atom. The van der Waals surface area contributed by atoms with Gasteiger partial charge in [-0.05, 0) is 37.3 Å². The lowest BCUT2D eigenvalue weighted by Gasteiger charge is -2.36. The lowest BCUT2D eigenvalue weighted by molar-refractivity contribution is -0.160. The zero-order valence-electron chi connectivity index (χ0n) is 24.0. The number of esters is 3. The molecule has 10 nitrogen and oxygen atoms in total. The highest BCUT2D eigenvalue weighted by Crippen LogP contribution is 2.41. The maximum Gasteiger partial charge on any atom is 0.377 e. The summed E-state index contributed by atoms with van der Waals surface area (Å²) in [6.07, 6.45) is 8.63. The molecule has 222 valence electrons. The van der Waals surface area contributed by atoms with Crippen molar-refractivity contribution in [3.8, 4) is 0 Å². The first-order valence-electron chi connectivity index (χ1n) is 13.1. The van der Waals surface area contributed by atoms with Crippen molar-refractivity contribution in [2.75, 3.05) is 6.61 Å². The Kier molecular flexibility index (Phi) is 11.6. The number of rotatable bonds is 12. The largest absolute Gasteiger partial charge is 0.505 e. The lowest BCUT2D eigenvalue weighted by Crippen LogP contribution is -2.39. The van der Waals surface area contributed by atoms with Gasteiger partial charge in [0.25, 0.3) is 0 Å². The van der Waals surface area contributed by atoms with Crippen LogP contribution in [-0.2, 0) is 33.4 Å². The quantitative estimate of drug-likeness (QED) is 0.175. The molecule has 3 N–H and O–H groups in total. The van der Waals surface area contributed by atoms with Crippen LogP contribution in [0, 0.1) is 5.41 Å². The third kappa shape index (κ3) is 9.18. The average Bonchev–Trinajstić information content (AvgIpc) is 3.16. The number of carbonyl (C=O) groups is 4. The molecule has 0 aromatic rings. The molecule has 0 aromatic heterocycles. The minimum absolute atomic E-state index is 0.267. The number of cyclic esters (lactones) is 1. The van der Waals surface area contributed by atoms with Gasteiger partial charge in [-0.1, -0.05) is 74.1 Å². The van der Waals surface area contributed by atoms with E-state index in [0.29, 0.717) is 5.57 Å². The smallest absolute Gasteiger partial charge is 0.377 e. The van der Waals surface area contributed by atoms with Crippen LogP contribution < -0.4 is 0 Å². The van der Waals surface area contributed by atoms with E-state index in [9.17, 15) is 34.5 Å². The van der Waals surface area contributed by atoms with Gasteiger partial charge >= 0.3 is 17.9 Å². The molecule has 10 heteroatoms. The summed E-state index contributed by atoms with van der Waals surface area (Å²) in [5, 5.41) is 28.8. The van der Waals surface area contributed by atoms with Gasteiger partial charge in [0.1, 0.15) is 12.7 Å². The van der Waals surface area contributed by atoms with Crippen molar-refractivity contribution in [3.63, 3.8) is 0 Å². The Morgan fingerprint density at radius 3 is 2.34 bits per heavy atom. The number of aliphatic hydroxyl groups is 3. The van der Waals surface area contributed by atoms with Crippen LogP contribution in [0.15, 0.2) is 82.9 Å². The van der Waals surface area contributed by atoms with Gasteiger partial charge in [-0.3, -0.25) is 14.4 Å². The molecule has 2 aliphatic rings. The van der Waals surface area contributed by atoms with Gasteiger partial charge in [-0.2, -0.15) is 0 Å². The van der Waals surface area contributed by atoms with E-state index in [1.165, 1.54) is 0 Å². The predicted octanol–water partition coefficient (Wildman–Crippen LogP) is 4.34. The van der Waals surface area contributed by atoms with Crippen LogP contribution in [0.25, 0.3) is 0 Å². The van der Waals surface area contributed by atoms with Crippen molar-refractivity contribution in [1.29, 1.82) is 0 Å². The normalized spacial score (nSPS) is 22.4. The zero-order chi connectivity index (χ0) is 30.9. The van der Waals surface area contributed by atoms with Crippen LogP contribution in [0.3, 0.4) is 0 Å². The van der Waals surface area contributed by atoms with Crippen molar-refractivity contribution in [2.45, 2.75) is 72.2 Å². The van der Waals surface area contributed by atoms with E-state index in [1.807, 2.05) is 64.2 Å². The summed E-state index contributed by atoms with van der Waals surface area (Å²) in [5.41, 5.74) is 2.92. The zero-order valence-corrected chi connectivity index (χ0v) is 24.0. The third-order valence-electron chi connectivity index (χ3n) is 6.61. The number of allylic oxidation sites excluding steroid dienone is 10. The molecular weight excluding hydrogens is 532 g/mol. The fourth-order valence-corrected chi connectivity index (χ4v) is 4.34. The van der Waals surface area contributed by atoms with Crippen LogP contribution in [0.2, 0.25) is 0 Å². The number of hydrogen-bond acceptors (Lipinski definition) is 10. The number of aliphatic hydroxyl groups excluding tert-OH is 3. The summed E-state index contributed by atoms with van der Waals surface area (Å²) < 4.78 is 14.9. The Balaban J connectivity index is 1.92. The van der Waals surface area contributed by atoms with Gasteiger partial charge in [0.05, 0.1) is 12.8 Å². The number of ether oxygens (including phenoxy) is 3. The SMILES string of the molecule is C=C/C=C(C)/C=C/C=C(C)/C=C/C1=C(C)C(=O)C(OC(=O)CCC(=O)OC[C@H](O)[C@H]2OC(=O)C(O)=C2O)CC1(C)C. The molecule has 0 fully saturated rings. The van der Waals surface area contributed by atoms with E-state index < -0.39 is 59.8 Å². The van der Waals surface area contributed by atoms with Crippen molar-refractivity contribution < 1.29 is 48.7 Å². The van der Waals surface area contributed by atoms with Gasteiger partial charge in [-0.25, -0.2) is 4.79 Å². The lowest BCUT2D eigenvalue weighted by atomic mass is 9.71. The van der Waals surface area contributed by atoms with Crippen molar-refractivity contribution in [3.05, 3.63) is 82.9 Å². The fourth-order valence-electron chi connectivity index (χ4n) is 4.34. The summed E-state index contributed by atoms with van der Waals surface area (Å²) in [7, 11) is 0. The highest BCUT2D eigenvalue weighted by Gasteiger charge is 2.41. The molecule has 0 saturated carbocycles. The summed E-state index contributed by atoms with van der Waals surface area (Å²) >= 11 is 0. The fraction of sp³-hybridized carbons (Fsp3) is 0.419. The Bertz CT molecular complexity index is 1260. The summed E-state index contributed by atoms with van der Waals surface area (Å²) in [6.45, 7) is 12.6. The minimum atomic E-state index is -1.63. The van der Waals surface area contributed by atoms with E-state index in [0.717, 1.165) is 16.7 Å². The van der Waals surface area contributed by atoms with E-state index in [-0.39, 0.29) is 25.0 Å². The standard InChI is InChI=1S/C31H38O10/c1-7-9-18(2)10-8-11-19(3)12-13-21-20(4)26(35)23(16-31(21,5)6)40-25(34)15-14-24(33)39-17-22(32)29-27(36)28(37)30(38)41-29/h7-13,22-23,29,32,36-37H,1,14-17H2,2-6H3/b10-8+,13-12+,18-9+,19-11+/t22-,23?,29+/m0/s1. The molecule has 0 spiro atoms. The molecule has 1 unspecified atom stereocenters. The molecule has 3 atom stereocenters. The van der Waals surface area contributed by atoms with E-state index in [2.05, 4.69) is 11.3 Å². The minimum Gasteiger partial charge on any atom is -0.505 e. The van der Waals surface area contributed by atoms with Gasteiger partial charge in [0, 0.05) is 6.42 Å². The summed E-state index contributed by atoms with van der Waals surface area (Å²) in [6, 6.07) is 0. The van der Waals surface area contributed by atoms with Crippen LogP contribution in [0.5, 0.6) is 0 Å². The molecule has 41 heavy (non-hydrogen) atoms. The summed E-state index contributed by atoms with van der Waals surface area (Å²) in [5.74, 6) is -5.03. The van der Waals surface area contributed by atoms with Gasteiger partial charge in [-0.15, -0.1) is 0 Å². The number of ketones is 1. The maximum atomic E-state index is 13.0. The molecule has 0 bridgehead atoms. The molecule has 1 aliphatic heterocycles. The maximum absolute atomic E-state index is 13.0. The number of hydrogen-bond donors (Lipinski definition) is 3. The predicted molar refractivity (Wildman–Crippen MR) is 150 cm³/mol. The molecule has 0 radical (unpaired) electrons. The first-order valence-corrected chi connectivity index (χ1v) is 13.1. The van der Waals surface area contributed by atoms with Crippen LogP contribution in [0.4, 0.5) is 0 Å². The van der Waals surface area contributed by atoms with Crippen molar-refractivity contribution in [2.24, 2.45) is 5.41 Å². The van der Waals surface area contributed by atoms with E-state index in [1.54, 1.807) is 13.0 Å². The van der Waals surface area contributed by atoms with E-state index >= 15 is 0 Å². The Morgan fingerprint density at radius 1 is 1.10 bits per heavy atom. The average molecular weight is 571 g/mol. The van der Waals surface area contributed by atoms with Gasteiger partial charge in [0.2, 0.25) is 5.76 Å². The second kappa shape index (κ2) is 14.5. The molecular formula is C31H38O10. The molecule has 0 amide bonds. The van der Waals surface area contributed by atoms with Crippen LogP contribution in [0.1, 0.15) is 53.9 Å². The first-order chi connectivity index (χ1) is 19.2. The highest BCUT2D eigenvalue weighted by atomic mass is 16.6. The van der Waals surface area contributed by atoms with Gasteiger partial charge in [0.15, 0.2) is 23.8 Å². The topological polar surface area (TPSA) is 157 Å². The Hall–Kier alpha value is -4.18. The van der Waals surface area contributed by atoms with E-state index in [4.69, 9.17) is 9.47 Å². The highest BCUT2D eigenvalue weighted by molar-refractivity contribution is 6.01. The molecule has 0 saturated heterocycles. The van der Waals surface area contributed by atoms with Crippen LogP contribution >= 0.6 is 0 Å². The third-order valence-corrected chi connectivity index (χ3v) is 6.61. The van der Waals surface area contributed by atoms with Crippen molar-refractivity contribution >= 4 is 23.7 Å². The van der Waals surface area contributed by atoms with Gasteiger partial charge < -0.3 is 29.5 Å². The van der Waals surface area contributed by atoms with Crippen molar-refractivity contribution in [1.82, 2.24) is 0 Å². The number of Topliss-reactive ketones (excluding diaryl/α,β-unsaturated/α-hetero) is 1. The Labute approximate surface area is 239 Å².